The van der Waals surface area contributed by atoms with E-state index in [1.54, 1.807) is 0 Å². The van der Waals surface area contributed by atoms with Crippen LogP contribution >= 0.6 is 11.6 Å². The van der Waals surface area contributed by atoms with Gasteiger partial charge < -0.3 is 15.2 Å². The fourth-order valence-electron chi connectivity index (χ4n) is 3.08. The zero-order valence-electron chi connectivity index (χ0n) is 12.8. The summed E-state index contributed by atoms with van der Waals surface area (Å²) >= 11 is 6.44. The average molecular weight is 327 g/mol. The molecule has 1 aliphatic heterocycles. The second-order valence-corrected chi connectivity index (χ2v) is 6.26. The summed E-state index contributed by atoms with van der Waals surface area (Å²) in [6.07, 6.45) is 1.16. The zero-order valence-corrected chi connectivity index (χ0v) is 13.6. The Kier molecular flexibility index (Phi) is 3.93. The number of halogens is 1. The number of imidazole rings is 1. The molecule has 3 aromatic rings. The summed E-state index contributed by atoms with van der Waals surface area (Å²) < 4.78 is 0. The Morgan fingerprint density at radius 1 is 1.04 bits per heavy atom. The maximum Gasteiger partial charge on any atom is 0.140 e. The van der Waals surface area contributed by atoms with Gasteiger partial charge in [0.15, 0.2) is 0 Å². The Bertz CT molecular complexity index is 786. The van der Waals surface area contributed by atoms with Crippen LogP contribution in [0.4, 0.5) is 5.69 Å². The van der Waals surface area contributed by atoms with Gasteiger partial charge in [-0.1, -0.05) is 23.7 Å². The molecule has 1 fully saturated rings. The Hall–Kier alpha value is -2.04. The number of benzene rings is 2. The standard InChI is InChI=1S/C18H19ClN4/c19-15-7-6-13(23-10-3-8-20-9-11-23)12-14(15)18-21-16-4-1-2-5-17(16)22-18/h1-2,4-7,12,20H,3,8-11H2,(H,21,22). The summed E-state index contributed by atoms with van der Waals surface area (Å²) in [7, 11) is 0. The van der Waals surface area contributed by atoms with Crippen LogP contribution < -0.4 is 10.2 Å². The minimum absolute atomic E-state index is 0.723. The van der Waals surface area contributed by atoms with Gasteiger partial charge in [0.25, 0.3) is 0 Å². The predicted octanol–water partition coefficient (Wildman–Crippen LogP) is 3.68. The van der Waals surface area contributed by atoms with Crippen LogP contribution in [0.2, 0.25) is 5.02 Å². The van der Waals surface area contributed by atoms with Crippen LogP contribution in [0.3, 0.4) is 0 Å². The molecule has 1 aliphatic rings. The fraction of sp³-hybridized carbons (Fsp3) is 0.278. The zero-order chi connectivity index (χ0) is 15.6. The number of rotatable bonds is 2. The lowest BCUT2D eigenvalue weighted by Crippen LogP contribution is -2.27. The first-order chi connectivity index (χ1) is 11.3. The van der Waals surface area contributed by atoms with Crippen LogP contribution in [0, 0.1) is 0 Å². The van der Waals surface area contributed by atoms with E-state index in [0.29, 0.717) is 0 Å². The van der Waals surface area contributed by atoms with Crippen LogP contribution in [0.15, 0.2) is 42.5 Å². The molecule has 0 atom stereocenters. The molecule has 0 amide bonds. The molecule has 2 aromatic carbocycles. The van der Waals surface area contributed by atoms with Gasteiger partial charge in [0.2, 0.25) is 0 Å². The Morgan fingerprint density at radius 2 is 1.96 bits per heavy atom. The van der Waals surface area contributed by atoms with Crippen LogP contribution in [-0.4, -0.2) is 36.1 Å². The van der Waals surface area contributed by atoms with Crippen LogP contribution in [0.1, 0.15) is 6.42 Å². The van der Waals surface area contributed by atoms with E-state index in [0.717, 1.165) is 60.0 Å². The normalized spacial score (nSPS) is 15.8. The molecule has 2 heterocycles. The molecule has 4 rings (SSSR count). The maximum atomic E-state index is 6.44. The number of para-hydroxylation sites is 2. The van der Waals surface area contributed by atoms with E-state index in [9.17, 15) is 0 Å². The average Bonchev–Trinajstić information content (AvgIpc) is 2.81. The topological polar surface area (TPSA) is 44.0 Å². The number of anilines is 1. The first-order valence-corrected chi connectivity index (χ1v) is 8.39. The summed E-state index contributed by atoms with van der Waals surface area (Å²) in [5.41, 5.74) is 4.15. The lowest BCUT2D eigenvalue weighted by atomic mass is 10.1. The monoisotopic (exact) mass is 326 g/mol. The lowest BCUT2D eigenvalue weighted by Gasteiger charge is -2.23. The summed E-state index contributed by atoms with van der Waals surface area (Å²) in [5.74, 6) is 0.825. The number of nitrogens with zero attached hydrogens (tertiary/aromatic N) is 2. The van der Waals surface area contributed by atoms with Crippen LogP contribution in [0.5, 0.6) is 0 Å². The number of nitrogens with one attached hydrogen (secondary N) is 2. The Morgan fingerprint density at radius 3 is 2.87 bits per heavy atom. The van der Waals surface area contributed by atoms with Crippen molar-refractivity contribution in [1.82, 2.24) is 15.3 Å². The number of hydrogen-bond donors (Lipinski definition) is 2. The summed E-state index contributed by atoms with van der Waals surface area (Å²) in [6.45, 7) is 4.18. The van der Waals surface area contributed by atoms with Gasteiger partial charge in [0.1, 0.15) is 5.82 Å². The van der Waals surface area contributed by atoms with Gasteiger partial charge in [-0.05, 0) is 43.3 Å². The molecule has 2 N–H and O–H groups in total. The van der Waals surface area contributed by atoms with E-state index < -0.39 is 0 Å². The molecule has 0 spiro atoms. The van der Waals surface area contributed by atoms with Crippen molar-refractivity contribution in [2.75, 3.05) is 31.1 Å². The van der Waals surface area contributed by atoms with Gasteiger partial charge in [-0.2, -0.15) is 0 Å². The molecular weight excluding hydrogens is 308 g/mol. The summed E-state index contributed by atoms with van der Waals surface area (Å²) in [5, 5.41) is 4.16. The highest BCUT2D eigenvalue weighted by Gasteiger charge is 2.14. The SMILES string of the molecule is Clc1ccc(N2CCCNCC2)cc1-c1nc2ccccc2[nH]1. The van der Waals surface area contributed by atoms with Gasteiger partial charge >= 0.3 is 0 Å². The fourth-order valence-corrected chi connectivity index (χ4v) is 3.28. The maximum absolute atomic E-state index is 6.44. The molecule has 0 bridgehead atoms. The number of aromatic nitrogens is 2. The van der Waals surface area contributed by atoms with Crippen molar-refractivity contribution in [2.45, 2.75) is 6.42 Å². The molecule has 0 saturated carbocycles. The third-order valence-corrected chi connectivity index (χ3v) is 4.63. The molecule has 1 aromatic heterocycles. The van der Waals surface area contributed by atoms with Crippen molar-refractivity contribution < 1.29 is 0 Å². The molecule has 5 heteroatoms. The van der Waals surface area contributed by atoms with Crippen molar-refractivity contribution in [1.29, 1.82) is 0 Å². The second-order valence-electron chi connectivity index (χ2n) is 5.86. The molecule has 0 aliphatic carbocycles. The number of H-pyrrole nitrogens is 1. The molecule has 0 unspecified atom stereocenters. The van der Waals surface area contributed by atoms with Gasteiger partial charge in [-0.3, -0.25) is 0 Å². The van der Waals surface area contributed by atoms with Crippen molar-refractivity contribution in [3.8, 4) is 11.4 Å². The minimum atomic E-state index is 0.723. The first kappa shape index (κ1) is 14.5. The Balaban J connectivity index is 1.74. The van der Waals surface area contributed by atoms with E-state index in [1.165, 1.54) is 5.69 Å². The first-order valence-electron chi connectivity index (χ1n) is 8.01. The van der Waals surface area contributed by atoms with Crippen molar-refractivity contribution >= 4 is 28.3 Å². The van der Waals surface area contributed by atoms with Crippen molar-refractivity contribution in [3.05, 3.63) is 47.5 Å². The van der Waals surface area contributed by atoms with Crippen molar-refractivity contribution in [2.24, 2.45) is 0 Å². The highest BCUT2D eigenvalue weighted by molar-refractivity contribution is 6.33. The van der Waals surface area contributed by atoms with E-state index in [1.807, 2.05) is 30.3 Å². The Labute approximate surface area is 140 Å². The number of fused-ring (bicyclic) bond motifs is 1. The highest BCUT2D eigenvalue weighted by Crippen LogP contribution is 2.31. The molecule has 0 radical (unpaired) electrons. The molecular formula is C18H19ClN4. The van der Waals surface area contributed by atoms with Crippen LogP contribution in [0.25, 0.3) is 22.4 Å². The van der Waals surface area contributed by atoms with Crippen LogP contribution in [-0.2, 0) is 0 Å². The smallest absolute Gasteiger partial charge is 0.140 e. The second kappa shape index (κ2) is 6.22. The summed E-state index contributed by atoms with van der Waals surface area (Å²) in [6, 6.07) is 14.3. The van der Waals surface area contributed by atoms with Gasteiger partial charge in [-0.25, -0.2) is 4.98 Å². The third kappa shape index (κ3) is 2.92. The van der Waals surface area contributed by atoms with Crippen molar-refractivity contribution in [3.63, 3.8) is 0 Å². The van der Waals surface area contributed by atoms with Gasteiger partial charge in [-0.15, -0.1) is 0 Å². The molecule has 4 nitrogen and oxygen atoms in total. The van der Waals surface area contributed by atoms with E-state index in [-0.39, 0.29) is 0 Å². The lowest BCUT2D eigenvalue weighted by molar-refractivity contribution is 0.724. The van der Waals surface area contributed by atoms with E-state index in [2.05, 4.69) is 32.3 Å². The number of hydrogen-bond acceptors (Lipinski definition) is 3. The predicted molar refractivity (Wildman–Crippen MR) is 96.2 cm³/mol. The quantitative estimate of drug-likeness (QED) is 0.755. The summed E-state index contributed by atoms with van der Waals surface area (Å²) in [4.78, 5) is 10.5. The highest BCUT2D eigenvalue weighted by atomic mass is 35.5. The van der Waals surface area contributed by atoms with E-state index >= 15 is 0 Å². The van der Waals surface area contributed by atoms with Gasteiger partial charge in [0.05, 0.1) is 16.1 Å². The number of aromatic amines is 1. The molecule has 1 saturated heterocycles. The van der Waals surface area contributed by atoms with E-state index in [4.69, 9.17) is 11.6 Å². The molecule has 118 valence electrons. The molecule has 23 heavy (non-hydrogen) atoms. The minimum Gasteiger partial charge on any atom is -0.370 e. The van der Waals surface area contributed by atoms with Gasteiger partial charge in [0, 0.05) is 30.9 Å². The third-order valence-electron chi connectivity index (χ3n) is 4.30. The largest absolute Gasteiger partial charge is 0.370 e.